The summed E-state index contributed by atoms with van der Waals surface area (Å²) in [6.45, 7) is 4.64. The maximum absolute atomic E-state index is 14.8. The molecule has 38 heavy (non-hydrogen) atoms. The molecule has 2 aromatic carbocycles. The number of aryl methyl sites for hydroxylation is 1. The zero-order valence-corrected chi connectivity index (χ0v) is 21.6. The van der Waals surface area contributed by atoms with E-state index in [1.807, 2.05) is 0 Å². The van der Waals surface area contributed by atoms with Crippen molar-refractivity contribution < 1.29 is 35.5 Å². The number of morpholine rings is 1. The van der Waals surface area contributed by atoms with Crippen LogP contribution in [0.2, 0.25) is 0 Å². The zero-order chi connectivity index (χ0) is 27.8. The highest BCUT2D eigenvalue weighted by atomic mass is 32.2. The Morgan fingerprint density at radius 3 is 2.45 bits per heavy atom. The minimum Gasteiger partial charge on any atom is -0.378 e. The molecule has 1 aliphatic heterocycles. The van der Waals surface area contributed by atoms with Gasteiger partial charge in [-0.2, -0.15) is 13.2 Å². The van der Waals surface area contributed by atoms with Crippen LogP contribution in [0.3, 0.4) is 0 Å². The first-order chi connectivity index (χ1) is 17.7. The lowest BCUT2D eigenvalue weighted by molar-refractivity contribution is -0.140. The first kappa shape index (κ1) is 27.6. The highest BCUT2D eigenvalue weighted by molar-refractivity contribution is 7.92. The van der Waals surface area contributed by atoms with E-state index >= 15 is 0 Å². The van der Waals surface area contributed by atoms with Crippen LogP contribution in [0.25, 0.3) is 10.9 Å². The molecule has 1 atom stereocenters. The molecule has 0 spiro atoms. The van der Waals surface area contributed by atoms with Crippen LogP contribution in [0.4, 0.5) is 28.9 Å². The van der Waals surface area contributed by atoms with Gasteiger partial charge in [0.2, 0.25) is 10.0 Å². The Hall–Kier alpha value is -3.45. The molecule has 3 aromatic rings. The van der Waals surface area contributed by atoms with Gasteiger partial charge in [0.05, 0.1) is 36.7 Å². The minimum absolute atomic E-state index is 0.0848. The Morgan fingerprint density at radius 1 is 1.13 bits per heavy atom. The van der Waals surface area contributed by atoms with E-state index in [9.17, 15) is 30.8 Å². The summed E-state index contributed by atoms with van der Waals surface area (Å²) in [7, 11) is -3.61. The number of hydrogen-bond donors (Lipinski definition) is 2. The number of ether oxygens (including phenoxy) is 1. The van der Waals surface area contributed by atoms with E-state index in [0.29, 0.717) is 42.9 Å². The van der Waals surface area contributed by atoms with E-state index in [-0.39, 0.29) is 22.3 Å². The van der Waals surface area contributed by atoms with Crippen LogP contribution in [0, 0.1) is 12.7 Å². The second kappa shape index (κ2) is 10.4. The van der Waals surface area contributed by atoms with Crippen molar-refractivity contribution in [1.82, 2.24) is 10.3 Å². The summed E-state index contributed by atoms with van der Waals surface area (Å²) in [4.78, 5) is 18.6. The van der Waals surface area contributed by atoms with E-state index in [4.69, 9.17) is 4.74 Å². The van der Waals surface area contributed by atoms with Gasteiger partial charge in [0.15, 0.2) is 0 Å². The Bertz CT molecular complexity index is 1490. The molecule has 0 saturated carbocycles. The third-order valence-corrected chi connectivity index (χ3v) is 6.74. The van der Waals surface area contributed by atoms with Crippen LogP contribution in [0.5, 0.6) is 0 Å². The lowest BCUT2D eigenvalue weighted by Crippen LogP contribution is -2.36. The first-order valence-electron chi connectivity index (χ1n) is 11.7. The number of nitrogens with one attached hydrogen (secondary N) is 2. The molecule has 0 aliphatic carbocycles. The summed E-state index contributed by atoms with van der Waals surface area (Å²) in [6, 6.07) is 6.84. The third-order valence-electron chi connectivity index (χ3n) is 6.14. The molecule has 1 aromatic heterocycles. The molecule has 204 valence electrons. The normalized spacial score (nSPS) is 15.4. The van der Waals surface area contributed by atoms with Crippen molar-refractivity contribution >= 4 is 38.2 Å². The number of carbonyl (C=O) groups is 1. The molecular formula is C25H26F4N4O4S. The molecule has 0 bridgehead atoms. The van der Waals surface area contributed by atoms with Crippen LogP contribution < -0.4 is 14.9 Å². The number of aromatic nitrogens is 1. The topological polar surface area (TPSA) is 101 Å². The van der Waals surface area contributed by atoms with Crippen molar-refractivity contribution in [2.24, 2.45) is 0 Å². The average molecular weight is 555 g/mol. The van der Waals surface area contributed by atoms with Gasteiger partial charge in [0.1, 0.15) is 11.5 Å². The molecule has 1 saturated heterocycles. The summed E-state index contributed by atoms with van der Waals surface area (Å²) in [5, 5.41) is 3.07. The number of hydrogen-bond acceptors (Lipinski definition) is 6. The number of benzene rings is 2. The summed E-state index contributed by atoms with van der Waals surface area (Å²) in [5.41, 5.74) is 0.195. The zero-order valence-electron chi connectivity index (χ0n) is 20.8. The number of sulfonamides is 1. The van der Waals surface area contributed by atoms with Crippen molar-refractivity contribution in [1.29, 1.82) is 0 Å². The van der Waals surface area contributed by atoms with E-state index in [1.165, 1.54) is 24.3 Å². The number of amides is 1. The van der Waals surface area contributed by atoms with Crippen molar-refractivity contribution in [3.63, 3.8) is 0 Å². The molecule has 1 aliphatic rings. The van der Waals surface area contributed by atoms with Gasteiger partial charge in [-0.25, -0.2) is 17.8 Å². The van der Waals surface area contributed by atoms with Gasteiger partial charge in [-0.15, -0.1) is 0 Å². The van der Waals surface area contributed by atoms with Gasteiger partial charge in [-0.3, -0.25) is 9.52 Å². The number of fused-ring (bicyclic) bond motifs is 1. The van der Waals surface area contributed by atoms with E-state index in [0.717, 1.165) is 18.4 Å². The second-order valence-corrected chi connectivity index (χ2v) is 10.9. The van der Waals surface area contributed by atoms with E-state index < -0.39 is 39.7 Å². The molecule has 0 radical (unpaired) electrons. The van der Waals surface area contributed by atoms with Gasteiger partial charge in [-0.1, -0.05) is 0 Å². The molecule has 4 rings (SSSR count). The van der Waals surface area contributed by atoms with Gasteiger partial charge < -0.3 is 15.0 Å². The summed E-state index contributed by atoms with van der Waals surface area (Å²) in [6.07, 6.45) is -3.69. The molecule has 1 amide bonds. The predicted molar refractivity (Wildman–Crippen MR) is 135 cm³/mol. The first-order valence-corrected chi connectivity index (χ1v) is 13.6. The van der Waals surface area contributed by atoms with Gasteiger partial charge in [0, 0.05) is 35.3 Å². The molecule has 2 N–H and O–H groups in total. The SMILES string of the molecule is Cc1cc([C@@H](C)NC(=O)c2ccc3nc(C(F)(F)F)cc(N4CCOCC4)c3c2)c(F)cc1NS(C)(=O)=O. The predicted octanol–water partition coefficient (Wildman–Crippen LogP) is 4.40. The standard InChI is InChI=1S/C25H26F4N4O4S/c1-14-10-17(19(26)12-21(14)32-38(3,35)36)15(2)30-24(34)16-4-5-20-18(11-16)22(33-6-8-37-9-7-33)13-23(31-20)25(27,28)29/h4-5,10-13,15,32H,6-9H2,1-3H3,(H,30,34)/t15-/m1/s1. The molecule has 8 nitrogen and oxygen atoms in total. The number of pyridine rings is 1. The fraction of sp³-hybridized carbons (Fsp3) is 0.360. The lowest BCUT2D eigenvalue weighted by Gasteiger charge is -2.30. The van der Waals surface area contributed by atoms with E-state index in [2.05, 4.69) is 15.0 Å². The van der Waals surface area contributed by atoms with Crippen molar-refractivity contribution in [2.75, 3.05) is 42.2 Å². The van der Waals surface area contributed by atoms with Crippen LogP contribution in [0.15, 0.2) is 36.4 Å². The van der Waals surface area contributed by atoms with Gasteiger partial charge >= 0.3 is 6.18 Å². The number of rotatable bonds is 6. The maximum atomic E-state index is 14.8. The third kappa shape index (κ3) is 6.16. The maximum Gasteiger partial charge on any atom is 0.433 e. The fourth-order valence-electron chi connectivity index (χ4n) is 4.26. The highest BCUT2D eigenvalue weighted by Crippen LogP contribution is 2.35. The number of alkyl halides is 3. The Kier molecular flexibility index (Phi) is 7.53. The van der Waals surface area contributed by atoms with Crippen LogP contribution in [-0.4, -0.2) is 51.9 Å². The van der Waals surface area contributed by atoms with Crippen molar-refractivity contribution in [2.45, 2.75) is 26.1 Å². The quantitative estimate of drug-likeness (QED) is 0.438. The van der Waals surface area contributed by atoms with Crippen LogP contribution >= 0.6 is 0 Å². The summed E-state index contributed by atoms with van der Waals surface area (Å²) < 4.78 is 85.9. The Labute approximate surface area is 217 Å². The molecule has 2 heterocycles. The van der Waals surface area contributed by atoms with E-state index in [1.54, 1.807) is 18.7 Å². The van der Waals surface area contributed by atoms with Crippen LogP contribution in [0.1, 0.15) is 40.1 Å². The summed E-state index contributed by atoms with van der Waals surface area (Å²) >= 11 is 0. The number of halogens is 4. The lowest BCUT2D eigenvalue weighted by atomic mass is 10.0. The van der Waals surface area contributed by atoms with Crippen molar-refractivity contribution in [3.8, 4) is 0 Å². The number of nitrogens with zero attached hydrogens (tertiary/aromatic N) is 2. The second-order valence-electron chi connectivity index (χ2n) is 9.11. The van der Waals surface area contributed by atoms with Gasteiger partial charge in [-0.05, 0) is 55.8 Å². The monoisotopic (exact) mass is 554 g/mol. The van der Waals surface area contributed by atoms with Crippen molar-refractivity contribution in [3.05, 3.63) is 64.6 Å². The molecular weight excluding hydrogens is 528 g/mol. The summed E-state index contributed by atoms with van der Waals surface area (Å²) in [5.74, 6) is -1.28. The number of anilines is 2. The highest BCUT2D eigenvalue weighted by Gasteiger charge is 2.34. The Balaban J connectivity index is 1.65. The minimum atomic E-state index is -4.64. The average Bonchev–Trinajstić information content (AvgIpc) is 2.84. The number of carbonyl (C=O) groups excluding carboxylic acids is 1. The van der Waals surface area contributed by atoms with Gasteiger partial charge in [0.25, 0.3) is 5.91 Å². The smallest absolute Gasteiger partial charge is 0.378 e. The molecule has 0 unspecified atom stereocenters. The molecule has 1 fully saturated rings. The largest absolute Gasteiger partial charge is 0.433 e. The Morgan fingerprint density at radius 2 is 1.82 bits per heavy atom. The molecule has 13 heteroatoms. The fourth-order valence-corrected chi connectivity index (χ4v) is 4.88. The van der Waals surface area contributed by atoms with Crippen LogP contribution in [-0.2, 0) is 20.9 Å².